The average Bonchev–Trinajstić information content (AvgIpc) is 2.24. The molecule has 1 aromatic rings. The van der Waals surface area contributed by atoms with E-state index in [4.69, 9.17) is 5.73 Å². The number of nitrogens with zero attached hydrogens (tertiary/aromatic N) is 1. The molecule has 0 spiro atoms. The zero-order valence-corrected chi connectivity index (χ0v) is 10.5. The van der Waals surface area contributed by atoms with Gasteiger partial charge in [0.25, 0.3) is 0 Å². The van der Waals surface area contributed by atoms with E-state index in [2.05, 4.69) is 18.8 Å². The van der Waals surface area contributed by atoms with Crippen molar-refractivity contribution in [1.29, 1.82) is 0 Å². The molecule has 2 heteroatoms. The summed E-state index contributed by atoms with van der Waals surface area (Å²) in [6.45, 7) is 8.34. The van der Waals surface area contributed by atoms with Crippen molar-refractivity contribution in [3.05, 3.63) is 23.5 Å². The topological polar surface area (TPSA) is 38.9 Å². The van der Waals surface area contributed by atoms with Crippen molar-refractivity contribution < 1.29 is 0 Å². The second-order valence-electron chi connectivity index (χ2n) is 3.83. The van der Waals surface area contributed by atoms with Crippen LogP contribution in [0.2, 0.25) is 0 Å². The van der Waals surface area contributed by atoms with E-state index in [0.717, 1.165) is 16.9 Å². The average molecular weight is 208 g/mol. The van der Waals surface area contributed by atoms with Gasteiger partial charge in [-0.2, -0.15) is 0 Å². The Bertz CT molecular complexity index is 245. The summed E-state index contributed by atoms with van der Waals surface area (Å²) in [4.78, 5) is 4.01. The van der Waals surface area contributed by atoms with Gasteiger partial charge < -0.3 is 5.73 Å². The largest absolute Gasteiger partial charge is 0.397 e. The molecular formula is C13H24N2. The van der Waals surface area contributed by atoms with Gasteiger partial charge >= 0.3 is 0 Å². The first-order chi connectivity index (χ1) is 7.13. The number of anilines is 1. The van der Waals surface area contributed by atoms with Gasteiger partial charge in [0, 0.05) is 6.20 Å². The fourth-order valence-electron chi connectivity index (χ4n) is 1.21. The lowest BCUT2D eigenvalue weighted by molar-refractivity contribution is 0.702. The summed E-state index contributed by atoms with van der Waals surface area (Å²) in [6.07, 6.45) is 7.30. The van der Waals surface area contributed by atoms with Gasteiger partial charge in [0.15, 0.2) is 0 Å². The Morgan fingerprint density at radius 1 is 1.13 bits per heavy atom. The van der Waals surface area contributed by atoms with Gasteiger partial charge in [-0.15, -0.1) is 0 Å². The molecule has 0 aliphatic rings. The van der Waals surface area contributed by atoms with Gasteiger partial charge in [0.2, 0.25) is 0 Å². The van der Waals surface area contributed by atoms with Gasteiger partial charge in [-0.1, -0.05) is 39.5 Å². The van der Waals surface area contributed by atoms with Crippen LogP contribution in [0.4, 0.5) is 5.69 Å². The highest BCUT2D eigenvalue weighted by Gasteiger charge is 1.94. The Labute approximate surface area is 93.9 Å². The van der Waals surface area contributed by atoms with Crippen LogP contribution >= 0.6 is 0 Å². The van der Waals surface area contributed by atoms with E-state index in [9.17, 15) is 0 Å². The Kier molecular flexibility index (Phi) is 7.69. The predicted octanol–water partition coefficient (Wildman–Crippen LogP) is 3.87. The van der Waals surface area contributed by atoms with E-state index in [-0.39, 0.29) is 0 Å². The Hall–Kier alpha value is -1.05. The molecule has 0 amide bonds. The fourth-order valence-corrected chi connectivity index (χ4v) is 1.21. The van der Waals surface area contributed by atoms with E-state index in [1.165, 1.54) is 25.7 Å². The minimum atomic E-state index is 0.803. The second-order valence-corrected chi connectivity index (χ2v) is 3.83. The maximum absolute atomic E-state index is 5.62. The van der Waals surface area contributed by atoms with Crippen molar-refractivity contribution in [3.8, 4) is 0 Å². The lowest BCUT2D eigenvalue weighted by Crippen LogP contribution is -1.94. The highest BCUT2D eigenvalue weighted by molar-refractivity contribution is 5.48. The summed E-state index contributed by atoms with van der Waals surface area (Å²) in [5, 5.41) is 0. The third-order valence-electron chi connectivity index (χ3n) is 2.36. The van der Waals surface area contributed by atoms with Crippen molar-refractivity contribution in [3.63, 3.8) is 0 Å². The monoisotopic (exact) mass is 208 g/mol. The number of rotatable bonds is 3. The number of hydrogen-bond acceptors (Lipinski definition) is 2. The molecule has 0 saturated carbocycles. The van der Waals surface area contributed by atoms with Crippen molar-refractivity contribution in [2.45, 2.75) is 53.4 Å². The highest BCUT2D eigenvalue weighted by atomic mass is 14.7. The van der Waals surface area contributed by atoms with Crippen LogP contribution in [0.5, 0.6) is 0 Å². The molecule has 15 heavy (non-hydrogen) atoms. The van der Waals surface area contributed by atoms with E-state index < -0.39 is 0 Å². The summed E-state index contributed by atoms with van der Waals surface area (Å²) < 4.78 is 0. The summed E-state index contributed by atoms with van der Waals surface area (Å²) in [6, 6.07) is 1.91. The Morgan fingerprint density at radius 2 is 1.67 bits per heavy atom. The molecule has 0 aliphatic carbocycles. The van der Waals surface area contributed by atoms with Gasteiger partial charge in [-0.3, -0.25) is 4.98 Å². The maximum atomic E-state index is 5.62. The molecule has 0 saturated heterocycles. The molecule has 0 atom stereocenters. The molecular weight excluding hydrogens is 184 g/mol. The zero-order valence-electron chi connectivity index (χ0n) is 10.5. The van der Waals surface area contributed by atoms with Crippen LogP contribution in [0, 0.1) is 13.8 Å². The highest BCUT2D eigenvalue weighted by Crippen LogP contribution is 2.10. The summed E-state index contributed by atoms with van der Waals surface area (Å²) >= 11 is 0. The van der Waals surface area contributed by atoms with Gasteiger partial charge in [-0.25, -0.2) is 0 Å². The molecule has 1 rings (SSSR count). The first-order valence-corrected chi connectivity index (χ1v) is 5.81. The number of nitrogens with two attached hydrogens (primary N) is 1. The Balaban J connectivity index is 0.000000288. The van der Waals surface area contributed by atoms with Crippen LogP contribution in [0.1, 0.15) is 50.8 Å². The molecule has 1 heterocycles. The molecule has 86 valence electrons. The molecule has 2 N–H and O–H groups in total. The number of aromatic nitrogens is 1. The van der Waals surface area contributed by atoms with Gasteiger partial charge in [0.05, 0.1) is 11.4 Å². The molecule has 2 nitrogen and oxygen atoms in total. The standard InChI is InChI=1S/C7H10N2.C6H14/c1-5-3-4-9-6(2)7(5)8;1-3-5-6-4-2/h3-4H,8H2,1-2H3;3-6H2,1-2H3. The number of hydrogen-bond donors (Lipinski definition) is 1. The number of aryl methyl sites for hydroxylation is 2. The number of pyridine rings is 1. The van der Waals surface area contributed by atoms with E-state index >= 15 is 0 Å². The first kappa shape index (κ1) is 13.9. The van der Waals surface area contributed by atoms with E-state index in [0.29, 0.717) is 0 Å². The molecule has 0 bridgehead atoms. The molecule has 0 aliphatic heterocycles. The van der Waals surface area contributed by atoms with Crippen LogP contribution in [0.3, 0.4) is 0 Å². The van der Waals surface area contributed by atoms with Gasteiger partial charge in [0.1, 0.15) is 0 Å². The normalized spacial score (nSPS) is 9.33. The van der Waals surface area contributed by atoms with Crippen LogP contribution in [-0.4, -0.2) is 4.98 Å². The van der Waals surface area contributed by atoms with Crippen LogP contribution < -0.4 is 5.73 Å². The third kappa shape index (κ3) is 6.10. The summed E-state index contributed by atoms with van der Waals surface area (Å²) in [5.74, 6) is 0. The quantitative estimate of drug-likeness (QED) is 0.766. The molecule has 0 radical (unpaired) electrons. The van der Waals surface area contributed by atoms with Crippen LogP contribution in [-0.2, 0) is 0 Å². The lowest BCUT2D eigenvalue weighted by atomic mass is 10.2. The summed E-state index contributed by atoms with van der Waals surface area (Å²) in [5.41, 5.74) is 8.43. The minimum Gasteiger partial charge on any atom is -0.397 e. The van der Waals surface area contributed by atoms with Crippen molar-refractivity contribution in [2.24, 2.45) is 0 Å². The molecule has 0 unspecified atom stereocenters. The number of unbranched alkanes of at least 4 members (excludes halogenated alkanes) is 3. The van der Waals surface area contributed by atoms with E-state index in [1.807, 2.05) is 19.9 Å². The fraction of sp³-hybridized carbons (Fsp3) is 0.615. The zero-order chi connectivity index (χ0) is 11.7. The maximum Gasteiger partial charge on any atom is 0.0604 e. The lowest BCUT2D eigenvalue weighted by Gasteiger charge is -1.99. The smallest absolute Gasteiger partial charge is 0.0604 e. The van der Waals surface area contributed by atoms with Crippen molar-refractivity contribution in [1.82, 2.24) is 4.98 Å². The first-order valence-electron chi connectivity index (χ1n) is 5.81. The molecule has 0 fully saturated rings. The van der Waals surface area contributed by atoms with Crippen LogP contribution in [0.25, 0.3) is 0 Å². The van der Waals surface area contributed by atoms with E-state index in [1.54, 1.807) is 6.20 Å². The molecule has 0 aromatic carbocycles. The number of nitrogen functional groups attached to an aromatic ring is 1. The predicted molar refractivity (Wildman–Crippen MR) is 67.9 cm³/mol. The van der Waals surface area contributed by atoms with Crippen LogP contribution in [0.15, 0.2) is 12.3 Å². The van der Waals surface area contributed by atoms with Crippen molar-refractivity contribution >= 4 is 5.69 Å². The van der Waals surface area contributed by atoms with Crippen molar-refractivity contribution in [2.75, 3.05) is 5.73 Å². The Morgan fingerprint density at radius 3 is 2.00 bits per heavy atom. The SMILES string of the molecule is CCCCCC.Cc1ccnc(C)c1N. The van der Waals surface area contributed by atoms with Gasteiger partial charge in [-0.05, 0) is 25.5 Å². The minimum absolute atomic E-state index is 0.803. The molecule has 1 aromatic heterocycles. The second kappa shape index (κ2) is 8.27. The summed E-state index contributed by atoms with van der Waals surface area (Å²) in [7, 11) is 0. The third-order valence-corrected chi connectivity index (χ3v) is 2.36.